The Morgan fingerprint density at radius 1 is 1.44 bits per heavy atom. The zero-order chi connectivity index (χ0) is 13.3. The highest BCUT2D eigenvalue weighted by Crippen LogP contribution is 2.33. The third kappa shape index (κ3) is 2.24. The lowest BCUT2D eigenvalue weighted by atomic mass is 10.1. The lowest BCUT2D eigenvalue weighted by Crippen LogP contribution is -2.03. The maximum Gasteiger partial charge on any atom is 0.132 e. The molecule has 0 saturated carbocycles. The first-order chi connectivity index (χ1) is 8.54. The number of aromatic nitrogens is 2. The van der Waals surface area contributed by atoms with Crippen LogP contribution < -0.4 is 5.73 Å². The van der Waals surface area contributed by atoms with Gasteiger partial charge in [-0.05, 0) is 25.1 Å². The van der Waals surface area contributed by atoms with Crippen LogP contribution in [0.5, 0.6) is 0 Å². The summed E-state index contributed by atoms with van der Waals surface area (Å²) in [5.74, 6) is 1.41. The van der Waals surface area contributed by atoms with E-state index >= 15 is 0 Å². The second kappa shape index (κ2) is 5.04. The fourth-order valence-electron chi connectivity index (χ4n) is 1.82. The maximum absolute atomic E-state index is 6.17. The van der Waals surface area contributed by atoms with Gasteiger partial charge in [0, 0.05) is 17.1 Å². The van der Waals surface area contributed by atoms with E-state index in [0.29, 0.717) is 28.1 Å². The minimum atomic E-state index is 0.539. The Kier molecular flexibility index (Phi) is 3.64. The molecule has 0 saturated heterocycles. The normalized spacial score (nSPS) is 10.6. The number of hydrogen-bond acceptors (Lipinski definition) is 2. The Balaban J connectivity index is 2.57. The maximum atomic E-state index is 6.17. The van der Waals surface area contributed by atoms with Gasteiger partial charge in [0.2, 0.25) is 0 Å². The highest BCUT2D eigenvalue weighted by Gasteiger charge is 2.15. The summed E-state index contributed by atoms with van der Waals surface area (Å²) in [5.41, 5.74) is 7.55. The largest absolute Gasteiger partial charge is 0.383 e. The van der Waals surface area contributed by atoms with Gasteiger partial charge in [-0.3, -0.25) is 0 Å². The molecule has 94 valence electrons. The van der Waals surface area contributed by atoms with Crippen molar-refractivity contribution in [3.05, 3.63) is 46.7 Å². The molecule has 1 heterocycles. The van der Waals surface area contributed by atoms with Crippen LogP contribution in [-0.2, 0) is 6.54 Å². The van der Waals surface area contributed by atoms with Crippen LogP contribution in [0.15, 0.2) is 30.9 Å². The average molecular weight is 282 g/mol. The van der Waals surface area contributed by atoms with Crippen molar-refractivity contribution in [3.63, 3.8) is 0 Å². The summed E-state index contributed by atoms with van der Waals surface area (Å²) >= 11 is 12.0. The highest BCUT2D eigenvalue weighted by molar-refractivity contribution is 6.36. The first-order valence-electron chi connectivity index (χ1n) is 5.43. The van der Waals surface area contributed by atoms with Gasteiger partial charge in [0.05, 0.1) is 5.02 Å². The molecule has 1 aromatic carbocycles. The lowest BCUT2D eigenvalue weighted by Gasteiger charge is -2.05. The number of nitrogens with zero attached hydrogens (tertiary/aromatic N) is 2. The number of allylic oxidation sites excluding steroid dienone is 1. The first kappa shape index (κ1) is 13.0. The van der Waals surface area contributed by atoms with Crippen LogP contribution in [0.2, 0.25) is 10.0 Å². The number of halogens is 2. The minimum absolute atomic E-state index is 0.539. The SMILES string of the molecule is C=CCn1c(C)nc(-c2ccc(Cl)cc2Cl)c1N. The molecule has 5 heteroatoms. The van der Waals surface area contributed by atoms with E-state index in [1.807, 2.05) is 17.6 Å². The van der Waals surface area contributed by atoms with Crippen LogP contribution >= 0.6 is 23.2 Å². The zero-order valence-electron chi connectivity index (χ0n) is 9.95. The molecule has 0 fully saturated rings. The topological polar surface area (TPSA) is 43.8 Å². The van der Waals surface area contributed by atoms with Gasteiger partial charge in [-0.15, -0.1) is 6.58 Å². The summed E-state index contributed by atoms with van der Waals surface area (Å²) in [6.07, 6.45) is 1.78. The second-order valence-corrected chi connectivity index (χ2v) is 4.76. The predicted octanol–water partition coefficient (Wildman–Crippen LogP) is 3.93. The molecular weight excluding hydrogens is 269 g/mol. The third-order valence-corrected chi connectivity index (χ3v) is 3.24. The van der Waals surface area contributed by atoms with Crippen molar-refractivity contribution in [2.24, 2.45) is 0 Å². The molecule has 0 amide bonds. The highest BCUT2D eigenvalue weighted by atomic mass is 35.5. The number of anilines is 1. The van der Waals surface area contributed by atoms with E-state index in [9.17, 15) is 0 Å². The number of aryl methyl sites for hydroxylation is 1. The Bertz CT molecular complexity index is 603. The molecular formula is C13H13Cl2N3. The van der Waals surface area contributed by atoms with Crippen LogP contribution in [0, 0.1) is 6.92 Å². The van der Waals surface area contributed by atoms with Gasteiger partial charge >= 0.3 is 0 Å². The van der Waals surface area contributed by atoms with Crippen molar-refractivity contribution < 1.29 is 0 Å². The van der Waals surface area contributed by atoms with Crippen LogP contribution in [0.25, 0.3) is 11.3 Å². The number of hydrogen-bond donors (Lipinski definition) is 1. The smallest absolute Gasteiger partial charge is 0.132 e. The number of nitrogen functional groups attached to an aromatic ring is 1. The molecule has 0 spiro atoms. The number of nitrogens with two attached hydrogens (primary N) is 1. The van der Waals surface area contributed by atoms with Gasteiger partial charge in [0.25, 0.3) is 0 Å². The number of rotatable bonds is 3. The molecule has 2 aromatic rings. The van der Waals surface area contributed by atoms with Gasteiger partial charge in [0.1, 0.15) is 17.3 Å². The van der Waals surface area contributed by atoms with E-state index in [1.165, 1.54) is 0 Å². The fourth-order valence-corrected chi connectivity index (χ4v) is 2.32. The molecule has 3 nitrogen and oxygen atoms in total. The minimum Gasteiger partial charge on any atom is -0.383 e. The predicted molar refractivity (Wildman–Crippen MR) is 77.0 cm³/mol. The van der Waals surface area contributed by atoms with E-state index in [-0.39, 0.29) is 0 Å². The molecule has 2 rings (SSSR count). The lowest BCUT2D eigenvalue weighted by molar-refractivity contribution is 0.792. The van der Waals surface area contributed by atoms with Crippen LogP contribution in [0.1, 0.15) is 5.82 Å². The summed E-state index contributed by atoms with van der Waals surface area (Å²) in [6.45, 7) is 6.22. The number of imidazole rings is 1. The molecule has 0 aliphatic carbocycles. The van der Waals surface area contributed by atoms with Gasteiger partial charge < -0.3 is 10.3 Å². The van der Waals surface area contributed by atoms with Crippen molar-refractivity contribution >= 4 is 29.0 Å². The average Bonchev–Trinajstić information content (AvgIpc) is 2.58. The van der Waals surface area contributed by atoms with E-state index in [1.54, 1.807) is 18.2 Å². The molecule has 0 aliphatic rings. The van der Waals surface area contributed by atoms with Gasteiger partial charge in [-0.1, -0.05) is 29.3 Å². The van der Waals surface area contributed by atoms with Crippen molar-refractivity contribution in [2.75, 3.05) is 5.73 Å². The molecule has 0 aliphatic heterocycles. The Labute approximate surface area is 116 Å². The molecule has 1 aromatic heterocycles. The summed E-state index contributed by atoms with van der Waals surface area (Å²) in [6, 6.07) is 5.27. The first-order valence-corrected chi connectivity index (χ1v) is 6.19. The van der Waals surface area contributed by atoms with E-state index in [4.69, 9.17) is 28.9 Å². The number of benzene rings is 1. The zero-order valence-corrected chi connectivity index (χ0v) is 11.5. The van der Waals surface area contributed by atoms with Crippen LogP contribution in [0.3, 0.4) is 0 Å². The van der Waals surface area contributed by atoms with Gasteiger partial charge in [0.15, 0.2) is 0 Å². The molecule has 18 heavy (non-hydrogen) atoms. The van der Waals surface area contributed by atoms with Gasteiger partial charge in [-0.2, -0.15) is 0 Å². The standard InChI is InChI=1S/C13H13Cl2N3/c1-3-6-18-8(2)17-12(13(18)16)10-5-4-9(14)7-11(10)15/h3-5,7H,1,6,16H2,2H3. The summed E-state index contributed by atoms with van der Waals surface area (Å²) < 4.78 is 1.88. The van der Waals surface area contributed by atoms with E-state index < -0.39 is 0 Å². The quantitative estimate of drug-likeness (QED) is 0.867. The Morgan fingerprint density at radius 2 is 2.17 bits per heavy atom. The summed E-state index contributed by atoms with van der Waals surface area (Å²) in [5, 5.41) is 1.13. The van der Waals surface area contributed by atoms with Crippen molar-refractivity contribution in [3.8, 4) is 11.3 Å². The Morgan fingerprint density at radius 3 is 2.78 bits per heavy atom. The molecule has 0 unspecified atom stereocenters. The summed E-state index contributed by atoms with van der Waals surface area (Å²) in [4.78, 5) is 4.45. The van der Waals surface area contributed by atoms with E-state index in [2.05, 4.69) is 11.6 Å². The molecule has 2 N–H and O–H groups in total. The van der Waals surface area contributed by atoms with E-state index in [0.717, 1.165) is 11.4 Å². The monoisotopic (exact) mass is 281 g/mol. The third-order valence-electron chi connectivity index (χ3n) is 2.70. The fraction of sp³-hybridized carbons (Fsp3) is 0.154. The molecule has 0 bridgehead atoms. The van der Waals surface area contributed by atoms with Crippen LogP contribution in [-0.4, -0.2) is 9.55 Å². The van der Waals surface area contributed by atoms with Crippen molar-refractivity contribution in [2.45, 2.75) is 13.5 Å². The molecule has 0 radical (unpaired) electrons. The van der Waals surface area contributed by atoms with Crippen LogP contribution in [0.4, 0.5) is 5.82 Å². The summed E-state index contributed by atoms with van der Waals surface area (Å²) in [7, 11) is 0. The van der Waals surface area contributed by atoms with Crippen molar-refractivity contribution in [1.82, 2.24) is 9.55 Å². The Hall–Kier alpha value is -1.45. The van der Waals surface area contributed by atoms with Gasteiger partial charge in [-0.25, -0.2) is 4.98 Å². The molecule has 0 atom stereocenters. The van der Waals surface area contributed by atoms with Crippen molar-refractivity contribution in [1.29, 1.82) is 0 Å². The second-order valence-electron chi connectivity index (χ2n) is 3.92.